The van der Waals surface area contributed by atoms with Crippen molar-refractivity contribution in [2.24, 2.45) is 0 Å². The normalized spacial score (nSPS) is 16.2. The molecule has 1 fully saturated rings. The summed E-state index contributed by atoms with van der Waals surface area (Å²) in [5.41, 5.74) is 0.735. The number of hydrogen-bond acceptors (Lipinski definition) is 4. The Morgan fingerprint density at radius 3 is 2.54 bits per heavy atom. The minimum absolute atomic E-state index is 0.161. The predicted molar refractivity (Wildman–Crippen MR) is 92.6 cm³/mol. The lowest BCUT2D eigenvalue weighted by molar-refractivity contribution is -0.122. The third-order valence-corrected chi connectivity index (χ3v) is 6.21. The van der Waals surface area contributed by atoms with Crippen LogP contribution in [0, 0.1) is 6.92 Å². The molecule has 0 aliphatic heterocycles. The summed E-state index contributed by atoms with van der Waals surface area (Å²) in [5.74, 6) is 0.379. The van der Waals surface area contributed by atoms with Gasteiger partial charge in [0.15, 0.2) is 0 Å². The molecule has 0 unspecified atom stereocenters. The maximum Gasteiger partial charge on any atom is 0.243 e. The van der Waals surface area contributed by atoms with Crippen LogP contribution in [0.4, 0.5) is 0 Å². The molecule has 1 aliphatic carbocycles. The van der Waals surface area contributed by atoms with Crippen LogP contribution in [0.1, 0.15) is 37.7 Å². The van der Waals surface area contributed by atoms with Crippen molar-refractivity contribution in [2.45, 2.75) is 50.0 Å². The molecule has 0 aromatic heterocycles. The number of benzene rings is 1. The molecule has 0 saturated heterocycles. The molecule has 7 heteroatoms. The first-order chi connectivity index (χ1) is 11.3. The molecule has 0 spiro atoms. The molecular formula is C17H26N2O4S. The van der Waals surface area contributed by atoms with Crippen LogP contribution >= 0.6 is 0 Å². The number of aryl methyl sites for hydroxylation is 1. The van der Waals surface area contributed by atoms with E-state index in [9.17, 15) is 13.2 Å². The zero-order valence-electron chi connectivity index (χ0n) is 14.5. The van der Waals surface area contributed by atoms with E-state index in [-0.39, 0.29) is 23.4 Å². The number of carbonyl (C=O) groups is 1. The predicted octanol–water partition coefficient (Wildman–Crippen LogP) is 2.07. The fourth-order valence-corrected chi connectivity index (χ4v) is 4.21. The van der Waals surface area contributed by atoms with E-state index in [2.05, 4.69) is 5.32 Å². The lowest BCUT2D eigenvalue weighted by Crippen LogP contribution is -2.43. The Labute approximate surface area is 144 Å². The first kappa shape index (κ1) is 18.7. The summed E-state index contributed by atoms with van der Waals surface area (Å²) in [5, 5.41) is 2.94. The molecule has 24 heavy (non-hydrogen) atoms. The molecule has 1 aromatic rings. The first-order valence-corrected chi connectivity index (χ1v) is 9.69. The van der Waals surface area contributed by atoms with Gasteiger partial charge in [0.1, 0.15) is 5.75 Å². The molecular weight excluding hydrogens is 328 g/mol. The molecule has 0 heterocycles. The summed E-state index contributed by atoms with van der Waals surface area (Å²) >= 11 is 0. The molecule has 2 rings (SSSR count). The Morgan fingerprint density at radius 1 is 1.29 bits per heavy atom. The number of nitrogens with one attached hydrogen (secondary N) is 1. The number of nitrogens with zero attached hydrogens (tertiary/aromatic N) is 1. The number of amides is 1. The molecule has 0 bridgehead atoms. The Kier molecular flexibility index (Phi) is 6.23. The number of hydrogen-bond donors (Lipinski definition) is 1. The van der Waals surface area contributed by atoms with Gasteiger partial charge in [-0.3, -0.25) is 4.79 Å². The van der Waals surface area contributed by atoms with E-state index in [1.807, 2.05) is 0 Å². The molecule has 134 valence electrons. The van der Waals surface area contributed by atoms with Crippen LogP contribution in [0.15, 0.2) is 23.1 Å². The monoisotopic (exact) mass is 354 g/mol. The zero-order valence-corrected chi connectivity index (χ0v) is 15.4. The molecule has 0 radical (unpaired) electrons. The van der Waals surface area contributed by atoms with Crippen LogP contribution in [0.25, 0.3) is 0 Å². The number of rotatable bonds is 6. The van der Waals surface area contributed by atoms with Crippen molar-refractivity contribution in [1.29, 1.82) is 0 Å². The quantitative estimate of drug-likeness (QED) is 0.848. The zero-order chi connectivity index (χ0) is 17.7. The lowest BCUT2D eigenvalue weighted by atomic mass is 9.95. The Hall–Kier alpha value is -1.60. The van der Waals surface area contributed by atoms with Gasteiger partial charge in [0.2, 0.25) is 15.9 Å². The van der Waals surface area contributed by atoms with Crippen molar-refractivity contribution >= 4 is 15.9 Å². The molecule has 6 nitrogen and oxygen atoms in total. The van der Waals surface area contributed by atoms with Crippen molar-refractivity contribution in [2.75, 3.05) is 20.7 Å². The van der Waals surface area contributed by atoms with Gasteiger partial charge in [-0.15, -0.1) is 0 Å². The van der Waals surface area contributed by atoms with Gasteiger partial charge in [0.25, 0.3) is 0 Å². The van der Waals surface area contributed by atoms with Gasteiger partial charge in [-0.1, -0.05) is 19.3 Å². The Bertz CT molecular complexity index is 682. The summed E-state index contributed by atoms with van der Waals surface area (Å²) in [7, 11) is -0.740. The molecule has 1 amide bonds. The third-order valence-electron chi connectivity index (χ3n) is 4.41. The highest BCUT2D eigenvalue weighted by molar-refractivity contribution is 7.89. The van der Waals surface area contributed by atoms with E-state index in [4.69, 9.17) is 4.74 Å². The summed E-state index contributed by atoms with van der Waals surface area (Å²) in [6.45, 7) is 1.61. The van der Waals surface area contributed by atoms with Crippen molar-refractivity contribution in [3.63, 3.8) is 0 Å². The van der Waals surface area contributed by atoms with Crippen LogP contribution in [0.5, 0.6) is 5.75 Å². The van der Waals surface area contributed by atoms with E-state index in [0.29, 0.717) is 5.75 Å². The highest BCUT2D eigenvalue weighted by Gasteiger charge is 2.25. The van der Waals surface area contributed by atoms with Crippen LogP contribution in [-0.2, 0) is 14.8 Å². The van der Waals surface area contributed by atoms with E-state index in [0.717, 1.165) is 35.6 Å². The average molecular weight is 354 g/mol. The fraction of sp³-hybridized carbons (Fsp3) is 0.588. The standard InChI is InChI=1S/C17H26N2O4S/c1-13-11-15(9-10-16(13)23-3)24(21,22)19(2)12-17(20)18-14-7-5-4-6-8-14/h9-11,14H,4-8,12H2,1-3H3,(H,18,20). The minimum Gasteiger partial charge on any atom is -0.496 e. The van der Waals surface area contributed by atoms with Crippen molar-refractivity contribution in [3.05, 3.63) is 23.8 Å². The van der Waals surface area contributed by atoms with Crippen LogP contribution in [0.2, 0.25) is 0 Å². The van der Waals surface area contributed by atoms with Gasteiger partial charge in [-0.25, -0.2) is 8.42 Å². The smallest absolute Gasteiger partial charge is 0.243 e. The molecule has 1 aromatic carbocycles. The van der Waals surface area contributed by atoms with E-state index in [1.54, 1.807) is 19.1 Å². The van der Waals surface area contributed by atoms with Crippen molar-refractivity contribution in [1.82, 2.24) is 9.62 Å². The number of sulfonamides is 1. The second-order valence-electron chi connectivity index (χ2n) is 6.29. The van der Waals surface area contributed by atoms with Crippen LogP contribution in [-0.4, -0.2) is 45.4 Å². The van der Waals surface area contributed by atoms with Gasteiger partial charge in [0.05, 0.1) is 18.6 Å². The first-order valence-electron chi connectivity index (χ1n) is 8.25. The molecule has 1 N–H and O–H groups in total. The SMILES string of the molecule is COc1ccc(S(=O)(=O)N(C)CC(=O)NC2CCCCC2)cc1C. The largest absolute Gasteiger partial charge is 0.496 e. The van der Waals surface area contributed by atoms with E-state index < -0.39 is 10.0 Å². The van der Waals surface area contributed by atoms with Crippen LogP contribution in [0.3, 0.4) is 0 Å². The topological polar surface area (TPSA) is 75.7 Å². The van der Waals surface area contributed by atoms with Gasteiger partial charge in [0, 0.05) is 13.1 Å². The lowest BCUT2D eigenvalue weighted by Gasteiger charge is -2.24. The van der Waals surface area contributed by atoms with E-state index >= 15 is 0 Å². The molecule has 0 atom stereocenters. The van der Waals surface area contributed by atoms with Gasteiger partial charge >= 0.3 is 0 Å². The Morgan fingerprint density at radius 2 is 1.96 bits per heavy atom. The Balaban J connectivity index is 2.02. The minimum atomic E-state index is -3.71. The number of carbonyl (C=O) groups excluding carboxylic acids is 1. The van der Waals surface area contributed by atoms with Crippen molar-refractivity contribution < 1.29 is 17.9 Å². The van der Waals surface area contributed by atoms with Gasteiger partial charge in [-0.2, -0.15) is 4.31 Å². The molecule has 1 aliphatic rings. The maximum absolute atomic E-state index is 12.6. The summed E-state index contributed by atoms with van der Waals surface area (Å²) in [6, 6.07) is 4.85. The average Bonchev–Trinajstić information content (AvgIpc) is 2.55. The fourth-order valence-electron chi connectivity index (χ4n) is 3.00. The second kappa shape index (κ2) is 7.98. The third kappa shape index (κ3) is 4.48. The summed E-state index contributed by atoms with van der Waals surface area (Å²) in [6.07, 6.45) is 5.38. The highest BCUT2D eigenvalue weighted by atomic mass is 32.2. The maximum atomic E-state index is 12.6. The van der Waals surface area contributed by atoms with Gasteiger partial charge < -0.3 is 10.1 Å². The van der Waals surface area contributed by atoms with E-state index in [1.165, 1.54) is 26.6 Å². The number of ether oxygens (including phenoxy) is 1. The second-order valence-corrected chi connectivity index (χ2v) is 8.34. The number of methoxy groups -OCH3 is 1. The van der Waals surface area contributed by atoms with Crippen LogP contribution < -0.4 is 10.1 Å². The van der Waals surface area contributed by atoms with Gasteiger partial charge in [-0.05, 0) is 43.5 Å². The summed E-state index contributed by atoms with van der Waals surface area (Å²) < 4.78 is 31.5. The summed E-state index contributed by atoms with van der Waals surface area (Å²) in [4.78, 5) is 12.3. The van der Waals surface area contributed by atoms with Crippen molar-refractivity contribution in [3.8, 4) is 5.75 Å². The molecule has 1 saturated carbocycles. The highest BCUT2D eigenvalue weighted by Crippen LogP contribution is 2.23. The number of likely N-dealkylation sites (N-methyl/N-ethyl adjacent to an activating group) is 1.